The summed E-state index contributed by atoms with van der Waals surface area (Å²) < 4.78 is 5.94. The second-order valence-corrected chi connectivity index (χ2v) is 5.69. The maximum absolute atomic E-state index is 11.9. The topological polar surface area (TPSA) is 64.3 Å². The van der Waals surface area contributed by atoms with Gasteiger partial charge in [-0.3, -0.25) is 4.79 Å². The molecule has 0 aliphatic carbocycles. The lowest BCUT2D eigenvalue weighted by Gasteiger charge is -2.13. The number of hydrogen-bond donors (Lipinski definition) is 2. The van der Waals surface area contributed by atoms with E-state index < -0.39 is 0 Å². The number of rotatable bonds is 6. The van der Waals surface area contributed by atoms with Gasteiger partial charge in [0, 0.05) is 11.4 Å². The highest BCUT2D eigenvalue weighted by atomic mass is 79.9. The van der Waals surface area contributed by atoms with E-state index in [1.54, 1.807) is 19.2 Å². The summed E-state index contributed by atoms with van der Waals surface area (Å²) in [4.78, 5) is 11.9. The van der Waals surface area contributed by atoms with Crippen molar-refractivity contribution in [2.45, 2.75) is 19.8 Å². The molecule has 0 aliphatic rings. The minimum Gasteiger partial charge on any atom is -0.493 e. The number of nitrogens with two attached hydrogens (primary N) is 1. The summed E-state index contributed by atoms with van der Waals surface area (Å²) in [5.74, 6) is 0.816. The third-order valence-electron chi connectivity index (χ3n) is 2.75. The molecule has 0 radical (unpaired) electrons. The Bertz CT molecular complexity index is 455. The molecule has 0 bridgehead atoms. The molecule has 0 fully saturated rings. The van der Waals surface area contributed by atoms with Crippen LogP contribution < -0.4 is 15.8 Å². The summed E-state index contributed by atoms with van der Waals surface area (Å²) >= 11 is 9.30. The Labute approximate surface area is 126 Å². The summed E-state index contributed by atoms with van der Waals surface area (Å²) in [5, 5.41) is 3.33. The van der Waals surface area contributed by atoms with Crippen LogP contribution in [0.5, 0.6) is 5.75 Å². The van der Waals surface area contributed by atoms with E-state index >= 15 is 0 Å². The van der Waals surface area contributed by atoms with Gasteiger partial charge in [-0.1, -0.05) is 18.5 Å². The molecule has 106 valence electrons. The van der Waals surface area contributed by atoms with E-state index in [0.29, 0.717) is 39.8 Å². The number of benzene rings is 1. The molecule has 0 spiro atoms. The highest BCUT2D eigenvalue weighted by Crippen LogP contribution is 2.36. The number of halogens is 2. The first-order chi connectivity index (χ1) is 8.97. The molecule has 3 N–H and O–H groups in total. The highest BCUT2D eigenvalue weighted by molar-refractivity contribution is 9.10. The van der Waals surface area contributed by atoms with Crippen LogP contribution in [-0.4, -0.2) is 19.6 Å². The molecular weight excluding hydrogens is 332 g/mol. The monoisotopic (exact) mass is 348 g/mol. The molecule has 1 aromatic carbocycles. The number of anilines is 1. The van der Waals surface area contributed by atoms with Gasteiger partial charge in [0.15, 0.2) is 5.75 Å². The zero-order valence-corrected chi connectivity index (χ0v) is 13.3. The number of hydrogen-bond acceptors (Lipinski definition) is 3. The Morgan fingerprint density at radius 3 is 2.84 bits per heavy atom. The molecular formula is C13H18BrClN2O2. The molecule has 1 amide bonds. The predicted octanol–water partition coefficient (Wildman–Crippen LogP) is 3.42. The molecule has 1 unspecified atom stereocenters. The number of carbonyl (C=O) groups excluding carboxylic acids is 1. The van der Waals surface area contributed by atoms with Crippen molar-refractivity contribution in [2.24, 2.45) is 11.7 Å². The van der Waals surface area contributed by atoms with E-state index in [4.69, 9.17) is 22.1 Å². The molecule has 1 atom stereocenters. The van der Waals surface area contributed by atoms with Crippen LogP contribution in [0.15, 0.2) is 16.6 Å². The number of carbonyl (C=O) groups is 1. The maximum Gasteiger partial charge on any atom is 0.224 e. The van der Waals surface area contributed by atoms with Crippen molar-refractivity contribution in [2.75, 3.05) is 19.0 Å². The Kier molecular flexibility index (Phi) is 6.62. The highest BCUT2D eigenvalue weighted by Gasteiger charge is 2.13. The van der Waals surface area contributed by atoms with Gasteiger partial charge in [-0.15, -0.1) is 0 Å². The maximum atomic E-state index is 11.9. The van der Waals surface area contributed by atoms with E-state index in [2.05, 4.69) is 21.2 Å². The van der Waals surface area contributed by atoms with Crippen molar-refractivity contribution in [3.8, 4) is 5.75 Å². The van der Waals surface area contributed by atoms with E-state index in [9.17, 15) is 4.79 Å². The van der Waals surface area contributed by atoms with Crippen LogP contribution in [0.2, 0.25) is 5.02 Å². The number of nitrogens with one attached hydrogen (secondary N) is 1. The van der Waals surface area contributed by atoms with Crippen molar-refractivity contribution in [3.63, 3.8) is 0 Å². The Hall–Kier alpha value is -0.780. The number of ether oxygens (including phenoxy) is 1. The van der Waals surface area contributed by atoms with Crippen molar-refractivity contribution in [1.82, 2.24) is 0 Å². The molecule has 4 nitrogen and oxygen atoms in total. The van der Waals surface area contributed by atoms with Gasteiger partial charge in [-0.25, -0.2) is 0 Å². The summed E-state index contributed by atoms with van der Waals surface area (Å²) in [6, 6.07) is 3.38. The Balaban J connectivity index is 2.73. The van der Waals surface area contributed by atoms with Gasteiger partial charge < -0.3 is 15.8 Å². The molecule has 1 aromatic rings. The molecule has 19 heavy (non-hydrogen) atoms. The SMILES string of the molecule is COc1c(Br)cc(Cl)cc1NC(=O)CCC(C)CN. The summed E-state index contributed by atoms with van der Waals surface area (Å²) in [5.41, 5.74) is 6.08. The van der Waals surface area contributed by atoms with Gasteiger partial charge in [0.25, 0.3) is 0 Å². The molecule has 0 aliphatic heterocycles. The summed E-state index contributed by atoms with van der Waals surface area (Å²) in [6.45, 7) is 2.60. The lowest BCUT2D eigenvalue weighted by atomic mass is 10.1. The molecule has 0 saturated heterocycles. The van der Waals surface area contributed by atoms with Crippen LogP contribution in [0.3, 0.4) is 0 Å². The van der Waals surface area contributed by atoms with Crippen LogP contribution in [0.4, 0.5) is 5.69 Å². The average Bonchev–Trinajstić information content (AvgIpc) is 2.35. The van der Waals surface area contributed by atoms with Gasteiger partial charge in [0.05, 0.1) is 17.3 Å². The molecule has 1 rings (SSSR count). The van der Waals surface area contributed by atoms with Gasteiger partial charge in [0.1, 0.15) is 0 Å². The average molecular weight is 350 g/mol. The largest absolute Gasteiger partial charge is 0.493 e. The molecule has 0 aromatic heterocycles. The van der Waals surface area contributed by atoms with Crippen molar-refractivity contribution in [1.29, 1.82) is 0 Å². The van der Waals surface area contributed by atoms with Crippen molar-refractivity contribution >= 4 is 39.1 Å². The fraction of sp³-hybridized carbons (Fsp3) is 0.462. The molecule has 0 saturated carbocycles. The fourth-order valence-corrected chi connectivity index (χ4v) is 2.54. The lowest BCUT2D eigenvalue weighted by Crippen LogP contribution is -2.16. The quantitative estimate of drug-likeness (QED) is 0.827. The van der Waals surface area contributed by atoms with Gasteiger partial charge in [-0.05, 0) is 46.9 Å². The number of amides is 1. The van der Waals surface area contributed by atoms with E-state index in [1.165, 1.54) is 0 Å². The first kappa shape index (κ1) is 16.3. The van der Waals surface area contributed by atoms with Crippen LogP contribution in [0, 0.1) is 5.92 Å². The minimum absolute atomic E-state index is 0.0761. The first-order valence-electron chi connectivity index (χ1n) is 6.00. The zero-order valence-electron chi connectivity index (χ0n) is 11.0. The van der Waals surface area contributed by atoms with E-state index in [1.807, 2.05) is 6.92 Å². The lowest BCUT2D eigenvalue weighted by molar-refractivity contribution is -0.116. The van der Waals surface area contributed by atoms with Crippen LogP contribution in [0.25, 0.3) is 0 Å². The van der Waals surface area contributed by atoms with Crippen LogP contribution in [-0.2, 0) is 4.79 Å². The van der Waals surface area contributed by atoms with Gasteiger partial charge in [0.2, 0.25) is 5.91 Å². The van der Waals surface area contributed by atoms with Crippen molar-refractivity contribution in [3.05, 3.63) is 21.6 Å². The number of methoxy groups -OCH3 is 1. The third kappa shape index (κ3) is 5.01. The molecule has 6 heteroatoms. The molecule has 0 heterocycles. The van der Waals surface area contributed by atoms with E-state index in [-0.39, 0.29) is 5.91 Å². The second-order valence-electron chi connectivity index (χ2n) is 4.40. The van der Waals surface area contributed by atoms with Gasteiger partial charge in [-0.2, -0.15) is 0 Å². The normalized spacial score (nSPS) is 12.1. The smallest absolute Gasteiger partial charge is 0.224 e. The standard InChI is InChI=1S/C13H18BrClN2O2/c1-8(7-16)3-4-12(18)17-11-6-9(15)5-10(14)13(11)19-2/h5-6,8H,3-4,7,16H2,1-2H3,(H,17,18). The van der Waals surface area contributed by atoms with E-state index in [0.717, 1.165) is 6.42 Å². The summed E-state index contributed by atoms with van der Waals surface area (Å²) in [7, 11) is 1.54. The van der Waals surface area contributed by atoms with Gasteiger partial charge >= 0.3 is 0 Å². The third-order valence-corrected chi connectivity index (χ3v) is 3.56. The Morgan fingerprint density at radius 2 is 2.26 bits per heavy atom. The predicted molar refractivity (Wildman–Crippen MR) is 81.8 cm³/mol. The zero-order chi connectivity index (χ0) is 14.4. The first-order valence-corrected chi connectivity index (χ1v) is 7.18. The summed E-state index contributed by atoms with van der Waals surface area (Å²) in [6.07, 6.45) is 1.18. The fourth-order valence-electron chi connectivity index (χ4n) is 1.57. The van der Waals surface area contributed by atoms with Crippen LogP contribution in [0.1, 0.15) is 19.8 Å². The van der Waals surface area contributed by atoms with Crippen LogP contribution >= 0.6 is 27.5 Å². The van der Waals surface area contributed by atoms with Crippen molar-refractivity contribution < 1.29 is 9.53 Å². The Morgan fingerprint density at radius 1 is 1.58 bits per heavy atom. The minimum atomic E-state index is -0.0761. The second kappa shape index (κ2) is 7.72.